The largest absolute Gasteiger partial charge is 0.469 e. The summed E-state index contributed by atoms with van der Waals surface area (Å²) >= 11 is 5.99. The Hall–Kier alpha value is -2.86. The molecule has 0 radical (unpaired) electrons. The number of carbonyl (C=O) groups is 3. The Bertz CT molecular complexity index is 982. The molecule has 33 heavy (non-hydrogen) atoms. The molecule has 0 aromatic heterocycles. The van der Waals surface area contributed by atoms with E-state index in [-0.39, 0.29) is 17.8 Å². The molecule has 0 atom stereocenters. The van der Waals surface area contributed by atoms with Gasteiger partial charge >= 0.3 is 5.97 Å². The average Bonchev–Trinajstić information content (AvgIpc) is 2.83. The normalized spacial score (nSPS) is 17.8. The van der Waals surface area contributed by atoms with Crippen molar-refractivity contribution in [3.8, 4) is 0 Å². The first-order valence-corrected chi connectivity index (χ1v) is 11.7. The molecule has 176 valence electrons. The third kappa shape index (κ3) is 7.06. The minimum Gasteiger partial charge on any atom is -0.469 e. The van der Waals surface area contributed by atoms with Crippen LogP contribution < -0.4 is 10.6 Å². The Morgan fingerprint density at radius 1 is 0.909 bits per heavy atom. The van der Waals surface area contributed by atoms with Crippen LogP contribution in [0.2, 0.25) is 5.02 Å². The molecule has 1 aliphatic carbocycles. The number of hydrogen-bond acceptors (Lipinski definition) is 4. The number of hydrogen-bond donors (Lipinski definition) is 2. The number of amides is 2. The molecule has 0 saturated heterocycles. The average molecular weight is 471 g/mol. The smallest absolute Gasteiger partial charge is 0.305 e. The fraction of sp³-hybridized carbons (Fsp3) is 0.423. The highest BCUT2D eigenvalue weighted by atomic mass is 35.5. The molecule has 7 heteroatoms. The van der Waals surface area contributed by atoms with Gasteiger partial charge in [-0.25, -0.2) is 0 Å². The van der Waals surface area contributed by atoms with Gasteiger partial charge < -0.3 is 15.4 Å². The van der Waals surface area contributed by atoms with Crippen LogP contribution in [-0.4, -0.2) is 38.0 Å². The van der Waals surface area contributed by atoms with E-state index >= 15 is 0 Å². The number of nitrogens with one attached hydrogen (secondary N) is 2. The Labute approximate surface area is 200 Å². The zero-order chi connectivity index (χ0) is 23.8. The molecule has 1 saturated carbocycles. The summed E-state index contributed by atoms with van der Waals surface area (Å²) in [5.41, 5.74) is 3.21. The van der Waals surface area contributed by atoms with Crippen LogP contribution in [0.5, 0.6) is 0 Å². The van der Waals surface area contributed by atoms with Crippen LogP contribution in [0.1, 0.15) is 69.9 Å². The van der Waals surface area contributed by atoms with Crippen LogP contribution in [0.3, 0.4) is 0 Å². The number of halogens is 1. The van der Waals surface area contributed by atoms with Crippen molar-refractivity contribution in [3.05, 3.63) is 69.7 Å². The lowest BCUT2D eigenvalue weighted by molar-refractivity contribution is -0.142. The first-order chi connectivity index (χ1) is 15.9. The molecule has 0 spiro atoms. The van der Waals surface area contributed by atoms with Gasteiger partial charge in [0.1, 0.15) is 0 Å². The maximum absolute atomic E-state index is 12.4. The zero-order valence-electron chi connectivity index (χ0n) is 19.2. The standard InChI is InChI=1S/C26H31ClN2O4/c1-17-15-22(11-12-23(17)27)26(32)29-14-13-28-25(31)21-9-7-20(8-10-21)19-5-3-18(4-6-19)16-24(30)33-2/h7-12,15,18-19H,3-6,13-14,16H2,1-2H3,(H,28,31)(H,29,32). The molecule has 1 fully saturated rings. The second-order valence-corrected chi connectivity index (χ2v) is 9.00. The third-order valence-corrected chi connectivity index (χ3v) is 6.71. The highest BCUT2D eigenvalue weighted by Gasteiger charge is 2.24. The van der Waals surface area contributed by atoms with Crippen molar-refractivity contribution in [1.29, 1.82) is 0 Å². The van der Waals surface area contributed by atoms with Crippen molar-refractivity contribution in [2.24, 2.45) is 5.92 Å². The Morgan fingerprint density at radius 3 is 2.06 bits per heavy atom. The van der Waals surface area contributed by atoms with Crippen molar-refractivity contribution in [1.82, 2.24) is 10.6 Å². The summed E-state index contributed by atoms with van der Waals surface area (Å²) in [6, 6.07) is 12.8. The van der Waals surface area contributed by atoms with Gasteiger partial charge in [0.15, 0.2) is 0 Å². The Morgan fingerprint density at radius 2 is 1.48 bits per heavy atom. The molecular weight excluding hydrogens is 440 g/mol. The van der Waals surface area contributed by atoms with Crippen LogP contribution in [0.25, 0.3) is 0 Å². The first-order valence-electron chi connectivity index (χ1n) is 11.4. The first kappa shape index (κ1) is 24.8. The zero-order valence-corrected chi connectivity index (χ0v) is 19.9. The Kier molecular flexibility index (Phi) is 8.89. The maximum atomic E-state index is 12.4. The van der Waals surface area contributed by atoms with Crippen LogP contribution in [0.4, 0.5) is 0 Å². The van der Waals surface area contributed by atoms with E-state index in [4.69, 9.17) is 16.3 Å². The summed E-state index contributed by atoms with van der Waals surface area (Å²) in [5, 5.41) is 6.26. The van der Waals surface area contributed by atoms with E-state index in [0.717, 1.165) is 31.2 Å². The predicted molar refractivity (Wildman–Crippen MR) is 129 cm³/mol. The number of esters is 1. The van der Waals surface area contributed by atoms with Crippen molar-refractivity contribution in [2.45, 2.75) is 44.9 Å². The summed E-state index contributed by atoms with van der Waals surface area (Å²) in [6.07, 6.45) is 4.62. The lowest BCUT2D eigenvalue weighted by Crippen LogP contribution is -2.34. The molecule has 0 bridgehead atoms. The van der Waals surface area contributed by atoms with Crippen LogP contribution >= 0.6 is 11.6 Å². The monoisotopic (exact) mass is 470 g/mol. The number of benzene rings is 2. The van der Waals surface area contributed by atoms with E-state index in [9.17, 15) is 14.4 Å². The van der Waals surface area contributed by atoms with E-state index in [0.29, 0.717) is 47.5 Å². The van der Waals surface area contributed by atoms with Gasteiger partial charge in [-0.3, -0.25) is 14.4 Å². The molecule has 2 aromatic rings. The number of carbonyl (C=O) groups excluding carboxylic acids is 3. The molecule has 0 heterocycles. The fourth-order valence-corrected chi connectivity index (χ4v) is 4.39. The van der Waals surface area contributed by atoms with Gasteiger partial charge in [-0.2, -0.15) is 0 Å². The summed E-state index contributed by atoms with van der Waals surface area (Å²) in [4.78, 5) is 36.1. The minimum atomic E-state index is -0.199. The van der Waals surface area contributed by atoms with Crippen LogP contribution in [0, 0.1) is 12.8 Å². The fourth-order valence-electron chi connectivity index (χ4n) is 4.27. The van der Waals surface area contributed by atoms with Gasteiger partial charge in [-0.05, 0) is 85.9 Å². The number of methoxy groups -OCH3 is 1. The number of rotatable bonds is 8. The second kappa shape index (κ2) is 11.8. The molecule has 3 rings (SSSR count). The maximum Gasteiger partial charge on any atom is 0.305 e. The van der Waals surface area contributed by atoms with E-state index in [1.54, 1.807) is 18.2 Å². The van der Waals surface area contributed by atoms with Crippen molar-refractivity contribution in [2.75, 3.05) is 20.2 Å². The minimum absolute atomic E-state index is 0.131. The third-order valence-electron chi connectivity index (χ3n) is 6.29. The summed E-state index contributed by atoms with van der Waals surface area (Å²) in [5.74, 6) is 0.369. The summed E-state index contributed by atoms with van der Waals surface area (Å²) < 4.78 is 4.77. The van der Waals surface area contributed by atoms with Crippen LogP contribution in [0.15, 0.2) is 42.5 Å². The topological polar surface area (TPSA) is 84.5 Å². The lowest BCUT2D eigenvalue weighted by Gasteiger charge is -2.28. The number of ether oxygens (including phenoxy) is 1. The molecule has 2 aromatic carbocycles. The van der Waals surface area contributed by atoms with Gasteiger partial charge in [0, 0.05) is 35.7 Å². The molecule has 0 unspecified atom stereocenters. The van der Waals surface area contributed by atoms with Crippen molar-refractivity contribution in [3.63, 3.8) is 0 Å². The summed E-state index contributed by atoms with van der Waals surface area (Å²) in [7, 11) is 1.43. The van der Waals surface area contributed by atoms with E-state index < -0.39 is 0 Å². The lowest BCUT2D eigenvalue weighted by atomic mass is 9.77. The van der Waals surface area contributed by atoms with E-state index in [1.165, 1.54) is 12.7 Å². The van der Waals surface area contributed by atoms with E-state index in [1.807, 2.05) is 31.2 Å². The molecule has 0 aliphatic heterocycles. The van der Waals surface area contributed by atoms with Crippen molar-refractivity contribution >= 4 is 29.4 Å². The molecular formula is C26H31ClN2O4. The highest BCUT2D eigenvalue weighted by Crippen LogP contribution is 2.37. The van der Waals surface area contributed by atoms with Crippen LogP contribution in [-0.2, 0) is 9.53 Å². The van der Waals surface area contributed by atoms with Gasteiger partial charge in [0.05, 0.1) is 7.11 Å². The van der Waals surface area contributed by atoms with E-state index in [2.05, 4.69) is 10.6 Å². The SMILES string of the molecule is COC(=O)CC1CCC(c2ccc(C(=O)NCCNC(=O)c3ccc(Cl)c(C)c3)cc2)CC1. The van der Waals surface area contributed by atoms with Gasteiger partial charge in [-0.15, -0.1) is 0 Å². The predicted octanol–water partition coefficient (Wildman–Crippen LogP) is 4.65. The second-order valence-electron chi connectivity index (χ2n) is 8.60. The molecule has 1 aliphatic rings. The quantitative estimate of drug-likeness (QED) is 0.434. The highest BCUT2D eigenvalue weighted by molar-refractivity contribution is 6.31. The molecule has 6 nitrogen and oxygen atoms in total. The summed E-state index contributed by atoms with van der Waals surface area (Å²) in [6.45, 7) is 2.52. The van der Waals surface area contributed by atoms with Gasteiger partial charge in [0.2, 0.25) is 0 Å². The van der Waals surface area contributed by atoms with Crippen molar-refractivity contribution < 1.29 is 19.1 Å². The molecule has 2 N–H and O–H groups in total. The number of aryl methyl sites for hydroxylation is 1. The molecule has 2 amide bonds. The Balaban J connectivity index is 1.41. The van der Waals surface area contributed by atoms with Gasteiger partial charge in [0.25, 0.3) is 11.8 Å². The van der Waals surface area contributed by atoms with Gasteiger partial charge in [-0.1, -0.05) is 23.7 Å².